The van der Waals surface area contributed by atoms with Crippen molar-refractivity contribution in [3.8, 4) is 0 Å². The van der Waals surface area contributed by atoms with Crippen molar-refractivity contribution in [2.45, 2.75) is 32.7 Å². The fraction of sp³-hybridized carbons (Fsp3) is 0.316. The van der Waals surface area contributed by atoms with Crippen molar-refractivity contribution in [2.24, 2.45) is 0 Å². The molecule has 2 aromatic carbocycles. The van der Waals surface area contributed by atoms with E-state index in [9.17, 15) is 4.79 Å². The van der Waals surface area contributed by atoms with E-state index in [1.807, 2.05) is 57.2 Å². The Morgan fingerprint density at radius 1 is 0.955 bits per heavy atom. The molecule has 2 N–H and O–H groups in total. The van der Waals surface area contributed by atoms with Gasteiger partial charge in [-0.3, -0.25) is 4.79 Å². The van der Waals surface area contributed by atoms with Gasteiger partial charge >= 0.3 is 0 Å². The van der Waals surface area contributed by atoms with Gasteiger partial charge in [0.15, 0.2) is 0 Å². The van der Waals surface area contributed by atoms with Crippen LogP contribution >= 0.6 is 0 Å². The Labute approximate surface area is 132 Å². The van der Waals surface area contributed by atoms with Crippen LogP contribution in [0.2, 0.25) is 0 Å². The minimum absolute atomic E-state index is 0.00186. The molecule has 0 radical (unpaired) electrons. The summed E-state index contributed by atoms with van der Waals surface area (Å²) in [5.74, 6) is 0.00186. The van der Waals surface area contributed by atoms with E-state index >= 15 is 0 Å². The van der Waals surface area contributed by atoms with Crippen LogP contribution in [-0.4, -0.2) is 18.0 Å². The third-order valence-electron chi connectivity index (χ3n) is 3.21. The lowest BCUT2D eigenvalue weighted by Crippen LogP contribution is -2.43. The molecule has 3 nitrogen and oxygen atoms in total. The van der Waals surface area contributed by atoms with Crippen molar-refractivity contribution < 1.29 is 4.79 Å². The van der Waals surface area contributed by atoms with E-state index in [-0.39, 0.29) is 18.0 Å². The summed E-state index contributed by atoms with van der Waals surface area (Å²) in [6, 6.07) is 18.5. The number of para-hydroxylation sites is 1. The molecule has 0 heterocycles. The number of carbonyl (C=O) groups excluding carboxylic acids is 1. The van der Waals surface area contributed by atoms with E-state index in [1.54, 1.807) is 0 Å². The van der Waals surface area contributed by atoms with Gasteiger partial charge in [0.1, 0.15) is 0 Å². The van der Waals surface area contributed by atoms with E-state index in [1.165, 1.54) is 11.1 Å². The largest absolute Gasteiger partial charge is 0.376 e. The zero-order valence-electron chi connectivity index (χ0n) is 13.5. The third-order valence-corrected chi connectivity index (χ3v) is 3.21. The molecule has 0 saturated carbocycles. The maximum Gasteiger partial charge on any atom is 0.239 e. The van der Waals surface area contributed by atoms with E-state index in [4.69, 9.17) is 0 Å². The highest BCUT2D eigenvalue weighted by Gasteiger charge is 2.13. The molecule has 0 aromatic heterocycles. The third kappa shape index (κ3) is 5.24. The van der Waals surface area contributed by atoms with Gasteiger partial charge in [-0.25, -0.2) is 0 Å². The molecule has 116 valence electrons. The van der Waals surface area contributed by atoms with Crippen LogP contribution in [-0.2, 0) is 11.2 Å². The normalized spacial score (nSPS) is 11.0. The summed E-state index contributed by atoms with van der Waals surface area (Å²) in [6.07, 6.45) is 0.852. The second kappa shape index (κ2) is 7.12. The predicted molar refractivity (Wildman–Crippen MR) is 92.1 cm³/mol. The number of nitrogens with one attached hydrogen (secondary N) is 2. The van der Waals surface area contributed by atoms with Crippen molar-refractivity contribution >= 4 is 11.6 Å². The van der Waals surface area contributed by atoms with E-state index < -0.39 is 0 Å². The molecule has 2 rings (SSSR count). The molecule has 0 aliphatic rings. The monoisotopic (exact) mass is 296 g/mol. The van der Waals surface area contributed by atoms with Gasteiger partial charge in [-0.05, 0) is 44.4 Å². The first-order valence-electron chi connectivity index (χ1n) is 7.61. The number of rotatable bonds is 5. The molecule has 0 fully saturated rings. The number of benzene rings is 2. The number of carbonyl (C=O) groups is 1. The maximum absolute atomic E-state index is 11.9. The molecule has 3 heteroatoms. The lowest BCUT2D eigenvalue weighted by atomic mass is 10.0. The van der Waals surface area contributed by atoms with Crippen LogP contribution in [0.5, 0.6) is 0 Å². The predicted octanol–water partition coefficient (Wildman–Crippen LogP) is 3.60. The zero-order valence-corrected chi connectivity index (χ0v) is 13.5. The number of hydrogen-bond donors (Lipinski definition) is 2. The van der Waals surface area contributed by atoms with Crippen LogP contribution in [0.4, 0.5) is 5.69 Å². The van der Waals surface area contributed by atoms with Crippen LogP contribution in [0.3, 0.4) is 0 Å². The smallest absolute Gasteiger partial charge is 0.239 e. The molecule has 0 bridgehead atoms. The van der Waals surface area contributed by atoms with Crippen LogP contribution < -0.4 is 10.6 Å². The van der Waals surface area contributed by atoms with Gasteiger partial charge in [-0.2, -0.15) is 0 Å². The number of amides is 1. The Kier molecular flexibility index (Phi) is 5.21. The number of hydrogen-bond acceptors (Lipinski definition) is 2. The Balaban J connectivity index is 2.01. The van der Waals surface area contributed by atoms with Gasteiger partial charge < -0.3 is 10.6 Å². The second-order valence-electron chi connectivity index (χ2n) is 6.47. The molecular formula is C19H24N2O. The molecule has 0 aliphatic carbocycles. The minimum Gasteiger partial charge on any atom is -0.376 e. The summed E-state index contributed by atoms with van der Waals surface area (Å²) < 4.78 is 0. The fourth-order valence-electron chi connectivity index (χ4n) is 2.30. The summed E-state index contributed by atoms with van der Waals surface area (Å²) in [5.41, 5.74) is 3.26. The first kappa shape index (κ1) is 16.1. The minimum atomic E-state index is -0.206. The Morgan fingerprint density at radius 3 is 2.27 bits per heavy atom. The maximum atomic E-state index is 11.9. The first-order valence-corrected chi connectivity index (χ1v) is 7.61. The van der Waals surface area contributed by atoms with E-state index in [2.05, 4.69) is 28.8 Å². The highest BCUT2D eigenvalue weighted by Crippen LogP contribution is 2.18. The lowest BCUT2D eigenvalue weighted by Gasteiger charge is -2.21. The Morgan fingerprint density at radius 2 is 1.59 bits per heavy atom. The standard InChI is InChI=1S/C19H24N2O/c1-19(2,3)21-18(22)14-20-17-12-8-7-11-16(17)13-15-9-5-4-6-10-15/h4-12,20H,13-14H2,1-3H3,(H,21,22). The van der Waals surface area contributed by atoms with Crippen molar-refractivity contribution in [3.63, 3.8) is 0 Å². The van der Waals surface area contributed by atoms with Crippen LogP contribution in [0, 0.1) is 0 Å². The SMILES string of the molecule is CC(C)(C)NC(=O)CNc1ccccc1Cc1ccccc1. The van der Waals surface area contributed by atoms with E-state index in [0.717, 1.165) is 12.1 Å². The summed E-state index contributed by atoms with van der Waals surface area (Å²) in [4.78, 5) is 11.9. The fourth-order valence-corrected chi connectivity index (χ4v) is 2.30. The molecular weight excluding hydrogens is 272 g/mol. The molecule has 0 aliphatic heterocycles. The van der Waals surface area contributed by atoms with E-state index in [0.29, 0.717) is 0 Å². The lowest BCUT2D eigenvalue weighted by molar-refractivity contribution is -0.120. The summed E-state index contributed by atoms with van der Waals surface area (Å²) in [6.45, 7) is 6.22. The van der Waals surface area contributed by atoms with Gasteiger partial charge in [0, 0.05) is 11.2 Å². The van der Waals surface area contributed by atoms with Gasteiger partial charge in [0.2, 0.25) is 5.91 Å². The van der Waals surface area contributed by atoms with Crippen LogP contribution in [0.25, 0.3) is 0 Å². The van der Waals surface area contributed by atoms with Crippen LogP contribution in [0.15, 0.2) is 54.6 Å². The molecule has 0 saturated heterocycles. The van der Waals surface area contributed by atoms with Gasteiger partial charge in [0.25, 0.3) is 0 Å². The van der Waals surface area contributed by atoms with Crippen molar-refractivity contribution in [3.05, 3.63) is 65.7 Å². The quantitative estimate of drug-likeness (QED) is 0.885. The van der Waals surface area contributed by atoms with Crippen molar-refractivity contribution in [1.82, 2.24) is 5.32 Å². The average Bonchev–Trinajstić information content (AvgIpc) is 2.46. The van der Waals surface area contributed by atoms with Gasteiger partial charge in [0.05, 0.1) is 6.54 Å². The molecule has 1 amide bonds. The van der Waals surface area contributed by atoms with Crippen molar-refractivity contribution in [2.75, 3.05) is 11.9 Å². The van der Waals surface area contributed by atoms with Crippen molar-refractivity contribution in [1.29, 1.82) is 0 Å². The molecule has 0 unspecified atom stereocenters. The zero-order chi connectivity index (χ0) is 16.0. The second-order valence-corrected chi connectivity index (χ2v) is 6.47. The first-order chi connectivity index (χ1) is 10.4. The van der Waals surface area contributed by atoms with Crippen LogP contribution in [0.1, 0.15) is 31.9 Å². The summed E-state index contributed by atoms with van der Waals surface area (Å²) in [5, 5.41) is 6.20. The van der Waals surface area contributed by atoms with Gasteiger partial charge in [-0.1, -0.05) is 48.5 Å². The molecule has 0 atom stereocenters. The molecule has 22 heavy (non-hydrogen) atoms. The highest BCUT2D eigenvalue weighted by molar-refractivity contribution is 5.81. The topological polar surface area (TPSA) is 41.1 Å². The Bertz CT molecular complexity index is 615. The van der Waals surface area contributed by atoms with Gasteiger partial charge in [-0.15, -0.1) is 0 Å². The highest BCUT2D eigenvalue weighted by atomic mass is 16.2. The summed E-state index contributed by atoms with van der Waals surface area (Å²) in [7, 11) is 0. The molecule has 2 aromatic rings. The number of anilines is 1. The molecule has 0 spiro atoms. The Hall–Kier alpha value is -2.29. The average molecular weight is 296 g/mol. The summed E-state index contributed by atoms with van der Waals surface area (Å²) >= 11 is 0.